The van der Waals surface area contributed by atoms with Gasteiger partial charge in [-0.05, 0) is 17.7 Å². The first-order valence-corrected chi connectivity index (χ1v) is 8.09. The van der Waals surface area contributed by atoms with Gasteiger partial charge < -0.3 is 10.1 Å². The van der Waals surface area contributed by atoms with Crippen molar-refractivity contribution in [2.24, 2.45) is 0 Å². The highest BCUT2D eigenvalue weighted by atomic mass is 79.9. The van der Waals surface area contributed by atoms with Crippen molar-refractivity contribution in [3.8, 4) is 0 Å². The van der Waals surface area contributed by atoms with E-state index >= 15 is 0 Å². The van der Waals surface area contributed by atoms with Crippen LogP contribution in [0.2, 0.25) is 0 Å². The zero-order valence-electron chi connectivity index (χ0n) is 13.3. The molecule has 1 amide bonds. The van der Waals surface area contributed by atoms with Crippen molar-refractivity contribution in [3.63, 3.8) is 0 Å². The van der Waals surface area contributed by atoms with Crippen LogP contribution in [0.3, 0.4) is 0 Å². The number of rotatable bonds is 6. The molecule has 2 N–H and O–H groups in total. The third-order valence-corrected chi connectivity index (χ3v) is 3.95. The molecular formula is C16H16BrN3O5. The lowest BCUT2D eigenvalue weighted by atomic mass is 10.0. The number of nitrogens with zero attached hydrogens (tertiary/aromatic N) is 1. The Balaban J connectivity index is 2.15. The second-order valence-electron chi connectivity index (χ2n) is 5.19. The molecule has 0 unspecified atom stereocenters. The summed E-state index contributed by atoms with van der Waals surface area (Å²) in [6.45, 7) is -0.288. The minimum absolute atomic E-state index is 0.0512. The number of carbonyl (C=O) groups excluding carboxylic acids is 2. The maximum Gasteiger partial charge on any atom is 0.328 e. The van der Waals surface area contributed by atoms with Gasteiger partial charge in [-0.1, -0.05) is 28.1 Å². The Morgan fingerprint density at radius 2 is 1.92 bits per heavy atom. The van der Waals surface area contributed by atoms with Crippen LogP contribution in [0.25, 0.3) is 0 Å². The summed E-state index contributed by atoms with van der Waals surface area (Å²) in [7, 11) is 1.27. The number of carbonyl (C=O) groups is 2. The van der Waals surface area contributed by atoms with Crippen LogP contribution >= 0.6 is 15.9 Å². The monoisotopic (exact) mass is 409 g/mol. The van der Waals surface area contributed by atoms with Gasteiger partial charge in [0.15, 0.2) is 0 Å². The van der Waals surface area contributed by atoms with Crippen LogP contribution < -0.4 is 16.6 Å². The molecule has 132 valence electrons. The van der Waals surface area contributed by atoms with E-state index in [1.165, 1.54) is 13.3 Å². The number of amides is 1. The molecule has 0 radical (unpaired) electrons. The maximum atomic E-state index is 12.2. The number of benzene rings is 1. The number of methoxy groups -OCH3 is 1. The zero-order chi connectivity index (χ0) is 18.4. The molecule has 1 aromatic heterocycles. The van der Waals surface area contributed by atoms with E-state index in [-0.39, 0.29) is 13.0 Å². The number of aromatic nitrogens is 2. The fourth-order valence-electron chi connectivity index (χ4n) is 2.16. The van der Waals surface area contributed by atoms with E-state index in [2.05, 4.69) is 31.0 Å². The summed E-state index contributed by atoms with van der Waals surface area (Å²) in [4.78, 5) is 48.6. The van der Waals surface area contributed by atoms with Crippen molar-refractivity contribution in [1.82, 2.24) is 14.9 Å². The predicted octanol–water partition coefficient (Wildman–Crippen LogP) is 0.720. The number of ether oxygens (including phenoxy) is 1. The summed E-state index contributed by atoms with van der Waals surface area (Å²) in [6, 6.07) is 7.66. The summed E-state index contributed by atoms with van der Waals surface area (Å²) in [5.41, 5.74) is -0.508. The summed E-state index contributed by atoms with van der Waals surface area (Å²) >= 11 is 3.32. The maximum absolute atomic E-state index is 12.2. The van der Waals surface area contributed by atoms with E-state index in [4.69, 9.17) is 0 Å². The van der Waals surface area contributed by atoms with E-state index in [0.717, 1.165) is 20.7 Å². The number of aromatic amines is 1. The van der Waals surface area contributed by atoms with Gasteiger partial charge in [-0.25, -0.2) is 4.79 Å². The van der Waals surface area contributed by atoms with Gasteiger partial charge in [-0.3, -0.25) is 23.9 Å². The molecule has 1 heterocycles. The highest BCUT2D eigenvalue weighted by molar-refractivity contribution is 9.10. The molecule has 0 aliphatic heterocycles. The molecule has 9 heteroatoms. The first kappa shape index (κ1) is 18.7. The Morgan fingerprint density at radius 3 is 2.52 bits per heavy atom. The van der Waals surface area contributed by atoms with Gasteiger partial charge >= 0.3 is 11.7 Å². The summed E-state index contributed by atoms with van der Waals surface area (Å²) in [6.07, 6.45) is 1.18. The van der Waals surface area contributed by atoms with Gasteiger partial charge in [-0.15, -0.1) is 0 Å². The van der Waals surface area contributed by atoms with Gasteiger partial charge in [-0.2, -0.15) is 0 Å². The van der Waals surface area contributed by atoms with E-state index in [0.29, 0.717) is 0 Å². The molecule has 0 saturated heterocycles. The number of halogens is 1. The van der Waals surface area contributed by atoms with Crippen LogP contribution in [0, 0.1) is 0 Å². The van der Waals surface area contributed by atoms with E-state index in [1.807, 2.05) is 0 Å². The number of hydrogen-bond acceptors (Lipinski definition) is 5. The molecule has 1 aromatic carbocycles. The molecule has 2 rings (SSSR count). The Kier molecular flexibility index (Phi) is 6.29. The second-order valence-corrected chi connectivity index (χ2v) is 6.11. The standard InChI is InChI=1S/C16H16BrN3O5/c1-25-15(23)8-12(10-2-4-11(17)5-3-10)18-14(22)9-20-7-6-13(21)19-16(20)24/h2-7,12H,8-9H2,1H3,(H,18,22)(H,19,21,24)/t12-/m0/s1. The molecule has 25 heavy (non-hydrogen) atoms. The van der Waals surface area contributed by atoms with Crippen LogP contribution in [0.1, 0.15) is 18.0 Å². The topological polar surface area (TPSA) is 110 Å². The first-order chi connectivity index (χ1) is 11.9. The normalized spacial score (nSPS) is 11.6. The molecule has 0 bridgehead atoms. The molecule has 0 aliphatic carbocycles. The van der Waals surface area contributed by atoms with Crippen molar-refractivity contribution >= 4 is 27.8 Å². The van der Waals surface area contributed by atoms with Gasteiger partial charge in [0.05, 0.1) is 19.6 Å². The van der Waals surface area contributed by atoms with Crippen molar-refractivity contribution in [2.45, 2.75) is 19.0 Å². The van der Waals surface area contributed by atoms with Crippen molar-refractivity contribution in [2.75, 3.05) is 7.11 Å². The Hall–Kier alpha value is -2.68. The van der Waals surface area contributed by atoms with Crippen LogP contribution in [-0.2, 0) is 20.9 Å². The molecule has 2 aromatic rings. The van der Waals surface area contributed by atoms with Crippen molar-refractivity contribution in [1.29, 1.82) is 0 Å². The molecule has 0 aliphatic rings. The van der Waals surface area contributed by atoms with E-state index in [9.17, 15) is 19.2 Å². The Morgan fingerprint density at radius 1 is 1.24 bits per heavy atom. The Labute approximate surface area is 151 Å². The lowest BCUT2D eigenvalue weighted by molar-refractivity contribution is -0.141. The molecule has 1 atom stereocenters. The minimum atomic E-state index is -0.684. The summed E-state index contributed by atoms with van der Waals surface area (Å²) in [5, 5.41) is 2.70. The van der Waals surface area contributed by atoms with Crippen LogP contribution in [0.4, 0.5) is 0 Å². The highest BCUT2D eigenvalue weighted by Crippen LogP contribution is 2.20. The van der Waals surface area contributed by atoms with Crippen LogP contribution in [0.5, 0.6) is 0 Å². The van der Waals surface area contributed by atoms with Crippen LogP contribution in [0.15, 0.2) is 50.6 Å². The second kappa shape index (κ2) is 8.43. The van der Waals surface area contributed by atoms with Gasteiger partial charge in [0.2, 0.25) is 5.91 Å². The van der Waals surface area contributed by atoms with Gasteiger partial charge in [0.1, 0.15) is 6.54 Å². The average Bonchev–Trinajstić information content (AvgIpc) is 2.57. The van der Waals surface area contributed by atoms with Crippen molar-refractivity contribution in [3.05, 3.63) is 67.4 Å². The highest BCUT2D eigenvalue weighted by Gasteiger charge is 2.19. The predicted molar refractivity (Wildman–Crippen MR) is 93.0 cm³/mol. The quantitative estimate of drug-likeness (QED) is 0.682. The first-order valence-electron chi connectivity index (χ1n) is 7.30. The zero-order valence-corrected chi connectivity index (χ0v) is 14.9. The SMILES string of the molecule is COC(=O)C[C@H](NC(=O)Cn1ccc(=O)[nH]c1=O)c1ccc(Br)cc1. The molecular weight excluding hydrogens is 394 g/mol. The third-order valence-electron chi connectivity index (χ3n) is 3.42. The summed E-state index contributed by atoms with van der Waals surface area (Å²) < 4.78 is 6.59. The van der Waals surface area contributed by atoms with Gasteiger partial charge in [0, 0.05) is 16.7 Å². The average molecular weight is 410 g/mol. The third kappa shape index (κ3) is 5.42. The number of nitrogens with one attached hydrogen (secondary N) is 2. The lowest BCUT2D eigenvalue weighted by Gasteiger charge is -2.18. The number of hydrogen-bond donors (Lipinski definition) is 2. The summed E-state index contributed by atoms with van der Waals surface area (Å²) in [5.74, 6) is -0.958. The molecule has 0 saturated carbocycles. The number of esters is 1. The smallest absolute Gasteiger partial charge is 0.328 e. The van der Waals surface area contributed by atoms with E-state index < -0.39 is 29.2 Å². The van der Waals surface area contributed by atoms with E-state index in [1.54, 1.807) is 24.3 Å². The molecule has 8 nitrogen and oxygen atoms in total. The molecule has 0 fully saturated rings. The molecule has 0 spiro atoms. The number of H-pyrrole nitrogens is 1. The lowest BCUT2D eigenvalue weighted by Crippen LogP contribution is -2.37. The largest absolute Gasteiger partial charge is 0.469 e. The minimum Gasteiger partial charge on any atom is -0.469 e. The fourth-order valence-corrected chi connectivity index (χ4v) is 2.43. The fraction of sp³-hybridized carbons (Fsp3) is 0.250. The van der Waals surface area contributed by atoms with Gasteiger partial charge in [0.25, 0.3) is 5.56 Å². The van der Waals surface area contributed by atoms with Crippen LogP contribution in [-0.4, -0.2) is 28.5 Å². The Bertz CT molecular complexity index is 872. The van der Waals surface area contributed by atoms with Crippen molar-refractivity contribution < 1.29 is 14.3 Å².